The quantitative estimate of drug-likeness (QED) is 0.509. The maximum atomic E-state index is 3.81. The number of para-hydroxylation sites is 2. The first kappa shape index (κ1) is 16.9. The number of nitrogens with zero attached hydrogens (tertiary/aromatic N) is 2. The molecular weight excluding hydrogens is 354 g/mol. The second-order valence-electron chi connectivity index (χ2n) is 8.29. The van der Waals surface area contributed by atoms with Gasteiger partial charge in [0.25, 0.3) is 0 Å². The molecule has 0 amide bonds. The van der Waals surface area contributed by atoms with Crippen molar-refractivity contribution in [2.45, 2.75) is 18.4 Å². The van der Waals surface area contributed by atoms with E-state index < -0.39 is 0 Å². The van der Waals surface area contributed by atoms with Crippen molar-refractivity contribution in [1.82, 2.24) is 9.88 Å². The zero-order valence-corrected chi connectivity index (χ0v) is 16.5. The van der Waals surface area contributed by atoms with Crippen molar-refractivity contribution in [3.63, 3.8) is 0 Å². The van der Waals surface area contributed by atoms with E-state index in [0.29, 0.717) is 12.0 Å². The Morgan fingerprint density at radius 1 is 0.793 bits per heavy atom. The summed E-state index contributed by atoms with van der Waals surface area (Å²) in [6, 6.07) is 31.1. The number of aromatic nitrogens is 1. The molecule has 0 saturated carbocycles. The number of nitrogens with one attached hydrogen (secondary N) is 1. The summed E-state index contributed by atoms with van der Waals surface area (Å²) in [7, 11) is 0. The summed E-state index contributed by atoms with van der Waals surface area (Å²) in [5.74, 6) is 0.428. The normalized spacial score (nSPS) is 21.7. The Morgan fingerprint density at radius 2 is 1.52 bits per heavy atom. The number of H-pyrrole nitrogens is 1. The van der Waals surface area contributed by atoms with Gasteiger partial charge in [-0.2, -0.15) is 0 Å². The summed E-state index contributed by atoms with van der Waals surface area (Å²) < 4.78 is 0. The van der Waals surface area contributed by atoms with Gasteiger partial charge in [-0.3, -0.25) is 4.90 Å². The van der Waals surface area contributed by atoms with Gasteiger partial charge < -0.3 is 9.88 Å². The second kappa shape index (κ2) is 6.78. The predicted octanol–water partition coefficient (Wildman–Crippen LogP) is 5.33. The first-order valence-electron chi connectivity index (χ1n) is 10.6. The van der Waals surface area contributed by atoms with E-state index in [1.807, 2.05) is 0 Å². The van der Waals surface area contributed by atoms with E-state index >= 15 is 0 Å². The van der Waals surface area contributed by atoms with Gasteiger partial charge in [0.2, 0.25) is 0 Å². The molecule has 3 aromatic carbocycles. The standard InChI is InChI=1S/C26H25N3/c1-3-9-19(10-4-1)23-17-29(20-11-5-2-6-12-20)18-28-16-15-22-21-13-7-8-14-24(21)27-25(22)26(23)28/h1-14,23,26-27H,15-18H2/t23-,26-/m0/s1. The number of aromatic amines is 1. The topological polar surface area (TPSA) is 22.3 Å². The maximum Gasteiger partial charge on any atom is 0.0713 e. The van der Waals surface area contributed by atoms with E-state index in [1.54, 1.807) is 0 Å². The summed E-state index contributed by atoms with van der Waals surface area (Å²) in [5, 5.41) is 1.40. The van der Waals surface area contributed by atoms with E-state index in [9.17, 15) is 0 Å². The molecule has 0 aliphatic carbocycles. The first-order valence-corrected chi connectivity index (χ1v) is 10.6. The lowest BCUT2D eigenvalue weighted by Crippen LogP contribution is -2.53. The van der Waals surface area contributed by atoms with Crippen molar-refractivity contribution in [2.24, 2.45) is 0 Å². The van der Waals surface area contributed by atoms with Gasteiger partial charge in [0.1, 0.15) is 0 Å². The molecule has 29 heavy (non-hydrogen) atoms. The SMILES string of the molecule is c1ccc([C@@H]2CN(c3ccccc3)CN3CCc4c([nH]c5ccccc45)[C@H]23)cc1. The molecule has 144 valence electrons. The number of rotatable bonds is 2. The van der Waals surface area contributed by atoms with Crippen LogP contribution in [0.1, 0.15) is 28.8 Å². The highest BCUT2D eigenvalue weighted by Gasteiger charge is 2.41. The molecule has 0 bridgehead atoms. The molecule has 2 aliphatic heterocycles. The molecular formula is C26H25N3. The monoisotopic (exact) mass is 379 g/mol. The van der Waals surface area contributed by atoms with E-state index in [0.717, 1.165) is 26.2 Å². The molecule has 3 heteroatoms. The number of fused-ring (bicyclic) bond motifs is 5. The van der Waals surface area contributed by atoms with Crippen molar-refractivity contribution >= 4 is 16.6 Å². The zero-order chi connectivity index (χ0) is 19.2. The predicted molar refractivity (Wildman–Crippen MR) is 119 cm³/mol. The number of hydrogen-bond donors (Lipinski definition) is 1. The maximum absolute atomic E-state index is 3.81. The fraction of sp³-hybridized carbons (Fsp3) is 0.231. The minimum atomic E-state index is 0.397. The van der Waals surface area contributed by atoms with Gasteiger partial charge in [0, 0.05) is 41.3 Å². The lowest BCUT2D eigenvalue weighted by molar-refractivity contribution is 0.126. The minimum absolute atomic E-state index is 0.397. The minimum Gasteiger partial charge on any atom is -0.358 e. The van der Waals surface area contributed by atoms with Gasteiger partial charge >= 0.3 is 0 Å². The van der Waals surface area contributed by atoms with Crippen LogP contribution in [0.3, 0.4) is 0 Å². The van der Waals surface area contributed by atoms with Crippen LogP contribution >= 0.6 is 0 Å². The van der Waals surface area contributed by atoms with Crippen LogP contribution < -0.4 is 4.90 Å². The van der Waals surface area contributed by atoms with Gasteiger partial charge in [0.15, 0.2) is 0 Å². The van der Waals surface area contributed by atoms with Crippen molar-refractivity contribution in [3.05, 3.63) is 102 Å². The fourth-order valence-electron chi connectivity index (χ4n) is 5.36. The molecule has 1 saturated heterocycles. The molecule has 2 atom stereocenters. The highest BCUT2D eigenvalue weighted by molar-refractivity contribution is 5.85. The largest absolute Gasteiger partial charge is 0.358 e. The fourth-order valence-corrected chi connectivity index (χ4v) is 5.36. The molecule has 0 spiro atoms. The molecule has 4 aromatic rings. The third-order valence-corrected chi connectivity index (χ3v) is 6.68. The van der Waals surface area contributed by atoms with E-state index in [4.69, 9.17) is 0 Å². The number of benzene rings is 3. The molecule has 3 nitrogen and oxygen atoms in total. The summed E-state index contributed by atoms with van der Waals surface area (Å²) in [5.41, 5.74) is 6.97. The van der Waals surface area contributed by atoms with Crippen molar-refractivity contribution < 1.29 is 0 Å². The van der Waals surface area contributed by atoms with Gasteiger partial charge in [-0.1, -0.05) is 66.7 Å². The Labute approximate surface area is 171 Å². The molecule has 1 N–H and O–H groups in total. The number of hydrogen-bond acceptors (Lipinski definition) is 2. The highest BCUT2D eigenvalue weighted by atomic mass is 15.4. The van der Waals surface area contributed by atoms with Gasteiger partial charge in [-0.15, -0.1) is 0 Å². The van der Waals surface area contributed by atoms with Gasteiger partial charge in [-0.05, 0) is 35.7 Å². The number of anilines is 1. The molecule has 1 aromatic heterocycles. The average Bonchev–Trinajstić information content (AvgIpc) is 3.18. The molecule has 1 fully saturated rings. The van der Waals surface area contributed by atoms with Crippen LogP contribution in [0.25, 0.3) is 10.9 Å². The Kier molecular flexibility index (Phi) is 3.95. The zero-order valence-electron chi connectivity index (χ0n) is 16.5. The third kappa shape index (κ3) is 2.77. The molecule has 3 heterocycles. The van der Waals surface area contributed by atoms with Gasteiger partial charge in [0.05, 0.1) is 12.7 Å². The van der Waals surface area contributed by atoms with Crippen LogP contribution in [0, 0.1) is 0 Å². The lowest BCUT2D eigenvalue weighted by Gasteiger charge is -2.49. The van der Waals surface area contributed by atoms with E-state index in [1.165, 1.54) is 33.4 Å². The van der Waals surface area contributed by atoms with Crippen molar-refractivity contribution in [1.29, 1.82) is 0 Å². The lowest BCUT2D eigenvalue weighted by atomic mass is 9.82. The van der Waals surface area contributed by atoms with Crippen LogP contribution in [-0.2, 0) is 6.42 Å². The summed E-state index contributed by atoms with van der Waals surface area (Å²) >= 11 is 0. The molecule has 0 unspecified atom stereocenters. The van der Waals surface area contributed by atoms with Crippen LogP contribution in [0.4, 0.5) is 5.69 Å². The van der Waals surface area contributed by atoms with Crippen LogP contribution in [0.15, 0.2) is 84.9 Å². The van der Waals surface area contributed by atoms with Crippen molar-refractivity contribution in [2.75, 3.05) is 24.7 Å². The molecule has 2 aliphatic rings. The third-order valence-electron chi connectivity index (χ3n) is 6.68. The van der Waals surface area contributed by atoms with Gasteiger partial charge in [-0.25, -0.2) is 0 Å². The van der Waals surface area contributed by atoms with Crippen LogP contribution in [0.5, 0.6) is 0 Å². The van der Waals surface area contributed by atoms with Crippen LogP contribution in [-0.4, -0.2) is 29.6 Å². The Hall–Kier alpha value is -3.04. The Morgan fingerprint density at radius 3 is 2.34 bits per heavy atom. The highest BCUT2D eigenvalue weighted by Crippen LogP contribution is 2.45. The Bertz CT molecular complexity index is 1130. The summed E-state index contributed by atoms with van der Waals surface area (Å²) in [6.07, 6.45) is 1.11. The molecule has 6 rings (SSSR count). The van der Waals surface area contributed by atoms with Crippen LogP contribution in [0.2, 0.25) is 0 Å². The van der Waals surface area contributed by atoms with Crippen molar-refractivity contribution in [3.8, 4) is 0 Å². The second-order valence-corrected chi connectivity index (χ2v) is 8.29. The van der Waals surface area contributed by atoms with E-state index in [-0.39, 0.29) is 0 Å². The molecule has 0 radical (unpaired) electrons. The Balaban J connectivity index is 1.47. The summed E-state index contributed by atoms with van der Waals surface area (Å²) in [6.45, 7) is 3.11. The van der Waals surface area contributed by atoms with E-state index in [2.05, 4.69) is 99.7 Å². The average molecular weight is 380 g/mol. The summed E-state index contributed by atoms with van der Waals surface area (Å²) in [4.78, 5) is 9.03. The first-order chi connectivity index (χ1) is 14.4. The smallest absolute Gasteiger partial charge is 0.0713 e.